The van der Waals surface area contributed by atoms with Crippen molar-refractivity contribution in [3.05, 3.63) is 54.2 Å². The van der Waals surface area contributed by atoms with Crippen molar-refractivity contribution in [1.29, 1.82) is 0 Å². The Kier molecular flexibility index (Phi) is 8.77. The molecule has 0 bridgehead atoms. The van der Waals surface area contributed by atoms with E-state index in [0.717, 1.165) is 16.5 Å². The minimum Gasteiger partial charge on any atom is -0.480 e. The monoisotopic (exact) mass is 469 g/mol. The van der Waals surface area contributed by atoms with Crippen LogP contribution in [0.3, 0.4) is 0 Å². The number of carboxylic acids is 1. The van der Waals surface area contributed by atoms with Crippen molar-refractivity contribution in [2.24, 2.45) is 11.5 Å². The Morgan fingerprint density at radius 2 is 1.79 bits per heavy atom. The summed E-state index contributed by atoms with van der Waals surface area (Å²) in [6.07, 6.45) is 6.67. The number of carbonyl (C=O) groups is 3. The second-order valence-corrected chi connectivity index (χ2v) is 8.20. The molecule has 3 rings (SSSR count). The van der Waals surface area contributed by atoms with Crippen LogP contribution in [0.2, 0.25) is 0 Å². The summed E-state index contributed by atoms with van der Waals surface area (Å²) < 4.78 is 0. The Labute approximate surface area is 196 Å². The van der Waals surface area contributed by atoms with Gasteiger partial charge in [-0.2, -0.15) is 0 Å². The van der Waals surface area contributed by atoms with Crippen LogP contribution in [-0.2, 0) is 27.2 Å². The molecule has 0 aliphatic heterocycles. The first-order valence-electron chi connectivity index (χ1n) is 11.2. The normalized spacial score (nSPS) is 13.8. The first kappa shape index (κ1) is 24.9. The third kappa shape index (κ3) is 6.65. The highest BCUT2D eigenvalue weighted by Crippen LogP contribution is 2.19. The minimum atomic E-state index is -1.17. The van der Waals surface area contributed by atoms with Gasteiger partial charge in [0.2, 0.25) is 11.8 Å². The van der Waals surface area contributed by atoms with E-state index in [1.165, 1.54) is 6.33 Å². The maximum Gasteiger partial charge on any atom is 0.326 e. The van der Waals surface area contributed by atoms with Crippen molar-refractivity contribution in [3.8, 4) is 0 Å². The number of hydrogen-bond donors (Lipinski definition) is 7. The first-order chi connectivity index (χ1) is 16.4. The van der Waals surface area contributed by atoms with Gasteiger partial charge in [0.1, 0.15) is 12.1 Å². The number of nitrogens with two attached hydrogens (primary N) is 2. The molecule has 3 aromatic rings. The molecular formula is C23H31N7O4. The van der Waals surface area contributed by atoms with Crippen LogP contribution in [0.5, 0.6) is 0 Å². The van der Waals surface area contributed by atoms with E-state index in [0.29, 0.717) is 31.5 Å². The Balaban J connectivity index is 1.67. The van der Waals surface area contributed by atoms with Gasteiger partial charge in [0.25, 0.3) is 0 Å². The number of para-hydroxylation sites is 1. The highest BCUT2D eigenvalue weighted by atomic mass is 16.4. The molecule has 0 aliphatic carbocycles. The summed E-state index contributed by atoms with van der Waals surface area (Å²) in [5.74, 6) is -2.25. The molecule has 2 heterocycles. The summed E-state index contributed by atoms with van der Waals surface area (Å²) in [5.41, 5.74) is 13.9. The summed E-state index contributed by atoms with van der Waals surface area (Å²) in [5, 5.41) is 15.9. The van der Waals surface area contributed by atoms with E-state index in [2.05, 4.69) is 25.6 Å². The summed E-state index contributed by atoms with van der Waals surface area (Å²) >= 11 is 0. The number of nitrogens with one attached hydrogen (secondary N) is 4. The fourth-order valence-corrected chi connectivity index (χ4v) is 3.76. The van der Waals surface area contributed by atoms with Crippen LogP contribution in [0.1, 0.15) is 30.5 Å². The van der Waals surface area contributed by atoms with E-state index >= 15 is 0 Å². The number of fused-ring (bicyclic) bond motifs is 1. The van der Waals surface area contributed by atoms with E-state index in [9.17, 15) is 19.5 Å². The van der Waals surface area contributed by atoms with Crippen molar-refractivity contribution >= 4 is 28.7 Å². The number of aromatic nitrogens is 3. The van der Waals surface area contributed by atoms with Gasteiger partial charge in [-0.15, -0.1) is 0 Å². The van der Waals surface area contributed by atoms with Crippen LogP contribution >= 0.6 is 0 Å². The van der Waals surface area contributed by atoms with Gasteiger partial charge in [-0.25, -0.2) is 9.78 Å². The van der Waals surface area contributed by atoms with Crippen LogP contribution in [0.4, 0.5) is 0 Å². The second kappa shape index (κ2) is 12.0. The number of aliphatic carboxylic acids is 1. The molecular weight excluding hydrogens is 438 g/mol. The molecule has 0 saturated carbocycles. The molecule has 9 N–H and O–H groups in total. The third-order valence-electron chi connectivity index (χ3n) is 5.62. The molecule has 0 spiro atoms. The maximum atomic E-state index is 13.0. The molecule has 11 nitrogen and oxygen atoms in total. The number of hydrogen-bond acceptors (Lipinski definition) is 6. The zero-order valence-electron chi connectivity index (χ0n) is 18.8. The van der Waals surface area contributed by atoms with Crippen molar-refractivity contribution in [2.45, 2.75) is 50.2 Å². The average molecular weight is 470 g/mol. The smallest absolute Gasteiger partial charge is 0.326 e. The Morgan fingerprint density at radius 3 is 2.50 bits per heavy atom. The lowest BCUT2D eigenvalue weighted by atomic mass is 10.0. The van der Waals surface area contributed by atoms with E-state index in [4.69, 9.17) is 11.5 Å². The quantitative estimate of drug-likeness (QED) is 0.174. The largest absolute Gasteiger partial charge is 0.480 e. The van der Waals surface area contributed by atoms with Crippen molar-refractivity contribution in [3.63, 3.8) is 0 Å². The molecule has 2 aromatic heterocycles. The van der Waals surface area contributed by atoms with Crippen molar-refractivity contribution in [2.75, 3.05) is 6.54 Å². The molecule has 0 aliphatic rings. The third-order valence-corrected chi connectivity index (χ3v) is 5.62. The van der Waals surface area contributed by atoms with E-state index in [1.54, 1.807) is 12.4 Å². The lowest BCUT2D eigenvalue weighted by molar-refractivity contribution is -0.142. The Hall–Kier alpha value is -3.70. The van der Waals surface area contributed by atoms with Gasteiger partial charge in [0.05, 0.1) is 12.4 Å². The number of imidazole rings is 1. The van der Waals surface area contributed by atoms with Crippen LogP contribution in [-0.4, -0.2) is 62.5 Å². The fourth-order valence-electron chi connectivity index (χ4n) is 3.76. The topological polar surface area (TPSA) is 192 Å². The van der Waals surface area contributed by atoms with E-state index < -0.39 is 35.9 Å². The number of carboxylic acid groups (broad SMARTS) is 1. The lowest BCUT2D eigenvalue weighted by Crippen LogP contribution is -2.55. The summed E-state index contributed by atoms with van der Waals surface area (Å²) in [6.45, 7) is 0.444. The summed E-state index contributed by atoms with van der Waals surface area (Å²) in [6, 6.07) is 4.53. The number of H-pyrrole nitrogens is 2. The lowest BCUT2D eigenvalue weighted by Gasteiger charge is -2.23. The van der Waals surface area contributed by atoms with Gasteiger partial charge in [-0.1, -0.05) is 18.2 Å². The highest BCUT2D eigenvalue weighted by Gasteiger charge is 2.28. The number of carbonyl (C=O) groups excluding carboxylic acids is 2. The summed E-state index contributed by atoms with van der Waals surface area (Å²) in [7, 11) is 0. The average Bonchev–Trinajstić information content (AvgIpc) is 3.48. The van der Waals surface area contributed by atoms with Crippen molar-refractivity contribution in [1.82, 2.24) is 25.6 Å². The van der Waals surface area contributed by atoms with Gasteiger partial charge in [0, 0.05) is 41.8 Å². The second-order valence-electron chi connectivity index (χ2n) is 8.20. The molecule has 11 heteroatoms. The number of nitrogens with zero attached hydrogens (tertiary/aromatic N) is 1. The maximum absolute atomic E-state index is 13.0. The zero-order valence-corrected chi connectivity index (χ0v) is 18.8. The van der Waals surface area contributed by atoms with Gasteiger partial charge in [-0.3, -0.25) is 9.59 Å². The molecule has 3 atom stereocenters. The molecule has 0 radical (unpaired) electrons. The van der Waals surface area contributed by atoms with E-state index in [1.807, 2.05) is 24.3 Å². The Bertz CT molecular complexity index is 1100. The molecule has 0 fully saturated rings. The van der Waals surface area contributed by atoms with E-state index in [-0.39, 0.29) is 12.8 Å². The standard InChI is InChI=1S/C23H31N7O4/c24-8-4-3-7-19(29-21(31)17(25)10-15-12-26-13-28-15)22(32)30-20(23(33)34)9-14-11-27-18-6-2-1-5-16(14)18/h1-2,5-6,11-13,17,19-20,27H,3-4,7-10,24-25H2,(H,26,28)(H,29,31)(H,30,32)(H,33,34)/t17-,19-,20-/m0/s1. The number of amides is 2. The number of rotatable bonds is 13. The molecule has 1 aromatic carbocycles. The first-order valence-corrected chi connectivity index (χ1v) is 11.2. The van der Waals surface area contributed by atoms with Crippen LogP contribution < -0.4 is 22.1 Å². The highest BCUT2D eigenvalue weighted by molar-refractivity contribution is 5.92. The number of benzene rings is 1. The molecule has 2 amide bonds. The Morgan fingerprint density at radius 1 is 1.03 bits per heavy atom. The van der Waals surface area contributed by atoms with Crippen LogP contribution in [0.15, 0.2) is 43.0 Å². The zero-order chi connectivity index (χ0) is 24.5. The van der Waals surface area contributed by atoms with Crippen molar-refractivity contribution < 1.29 is 19.5 Å². The molecule has 34 heavy (non-hydrogen) atoms. The van der Waals surface area contributed by atoms with Gasteiger partial charge in [-0.05, 0) is 37.4 Å². The molecule has 0 unspecified atom stereocenters. The molecule has 182 valence electrons. The number of unbranched alkanes of at least 4 members (excludes halogenated alkanes) is 1. The molecule has 0 saturated heterocycles. The predicted octanol–water partition coefficient (Wildman–Crippen LogP) is 0.187. The van der Waals surface area contributed by atoms with Gasteiger partial charge < -0.3 is 37.2 Å². The fraction of sp³-hybridized carbons (Fsp3) is 0.391. The van der Waals surface area contributed by atoms with Gasteiger partial charge >= 0.3 is 5.97 Å². The number of aromatic amines is 2. The minimum absolute atomic E-state index is 0.0912. The van der Waals surface area contributed by atoms with Crippen LogP contribution in [0, 0.1) is 0 Å². The summed E-state index contributed by atoms with van der Waals surface area (Å²) in [4.78, 5) is 47.5. The SMILES string of the molecule is NCCCC[C@H](NC(=O)[C@@H](N)Cc1cnc[nH]1)C(=O)N[C@@H](Cc1c[nH]c2ccccc12)C(=O)O. The van der Waals surface area contributed by atoms with Gasteiger partial charge in [0.15, 0.2) is 0 Å². The van der Waals surface area contributed by atoms with Crippen LogP contribution in [0.25, 0.3) is 10.9 Å². The predicted molar refractivity (Wildman–Crippen MR) is 127 cm³/mol.